The fourth-order valence-electron chi connectivity index (χ4n) is 1.69. The summed E-state index contributed by atoms with van der Waals surface area (Å²) < 4.78 is 35.1. The van der Waals surface area contributed by atoms with E-state index in [1.807, 2.05) is 0 Å². The van der Waals surface area contributed by atoms with Crippen LogP contribution in [0.5, 0.6) is 0 Å². The van der Waals surface area contributed by atoms with Crippen LogP contribution >= 0.6 is 23.2 Å². The number of sulfone groups is 1. The molecule has 23 heavy (non-hydrogen) atoms. The summed E-state index contributed by atoms with van der Waals surface area (Å²) in [5.74, 6) is -0.803. The highest BCUT2D eigenvalue weighted by Gasteiger charge is 2.25. The third-order valence-electron chi connectivity index (χ3n) is 2.86. The Balaban J connectivity index is 2.85. The largest absolute Gasteiger partial charge is 0.386 e. The predicted molar refractivity (Wildman–Crippen MR) is 88.7 cm³/mol. The van der Waals surface area contributed by atoms with E-state index in [1.54, 1.807) is 12.1 Å². The lowest BCUT2D eigenvalue weighted by atomic mass is 10.0. The van der Waals surface area contributed by atoms with Crippen molar-refractivity contribution < 1.29 is 22.7 Å². The summed E-state index contributed by atoms with van der Waals surface area (Å²) in [6.45, 7) is -1.01. The molecule has 0 bridgehead atoms. The van der Waals surface area contributed by atoms with Crippen molar-refractivity contribution in [3.05, 3.63) is 40.8 Å². The summed E-state index contributed by atoms with van der Waals surface area (Å²) in [5.41, 5.74) is 0.943. The molecule has 0 radical (unpaired) electrons. The van der Waals surface area contributed by atoms with Gasteiger partial charge < -0.3 is 10.4 Å². The minimum atomic E-state index is -3.24. The number of carbonyl (C=O) groups excluding carboxylic acids is 1. The maximum atomic E-state index is 13.0. The van der Waals surface area contributed by atoms with Crippen molar-refractivity contribution in [3.63, 3.8) is 0 Å². The topological polar surface area (TPSA) is 83.5 Å². The molecule has 2 atom stereocenters. The maximum absolute atomic E-state index is 13.0. The Hall–Kier alpha value is -1.15. The molecule has 2 unspecified atom stereocenters. The van der Waals surface area contributed by atoms with Gasteiger partial charge in [-0.25, -0.2) is 12.8 Å². The smallest absolute Gasteiger partial charge is 0.253 e. The first-order chi connectivity index (χ1) is 10.6. The van der Waals surface area contributed by atoms with Crippen molar-refractivity contribution in [2.24, 2.45) is 0 Å². The van der Waals surface area contributed by atoms with E-state index in [-0.39, 0.29) is 0 Å². The zero-order valence-corrected chi connectivity index (χ0v) is 14.4. The van der Waals surface area contributed by atoms with E-state index in [9.17, 15) is 22.7 Å². The third-order valence-corrected chi connectivity index (χ3v) is 3.89. The van der Waals surface area contributed by atoms with Crippen LogP contribution in [0.3, 0.4) is 0 Å². The average Bonchev–Trinajstić information content (AvgIpc) is 2.49. The Bertz CT molecular complexity index is 662. The average molecular weight is 384 g/mol. The summed E-state index contributed by atoms with van der Waals surface area (Å²) in [4.78, 5) is 10.0. The number of alkyl halides is 3. The first-order valence-corrected chi connectivity index (χ1v) is 9.27. The standard InChI is InChI=1S/C14H16Cl2FNO4S/c1-23(21,22)7-6-9-2-4-10(5-3-9)12(19)11(8-17)18-14(20)13(15)16/h2-7,11-13,19H,8H2,1H3,(H,18,20). The number of aliphatic hydroxyl groups excluding tert-OH is 1. The first-order valence-electron chi connectivity index (χ1n) is 6.44. The molecule has 0 aliphatic heterocycles. The van der Waals surface area contributed by atoms with E-state index in [4.69, 9.17) is 23.2 Å². The van der Waals surface area contributed by atoms with Gasteiger partial charge in [-0.3, -0.25) is 4.79 Å². The second kappa shape index (κ2) is 8.63. The van der Waals surface area contributed by atoms with Crippen molar-refractivity contribution in [2.75, 3.05) is 12.9 Å². The lowest BCUT2D eigenvalue weighted by molar-refractivity contribution is -0.121. The molecule has 2 N–H and O–H groups in total. The van der Waals surface area contributed by atoms with Gasteiger partial charge in [0, 0.05) is 11.7 Å². The summed E-state index contributed by atoms with van der Waals surface area (Å²) in [6, 6.07) is 4.92. The van der Waals surface area contributed by atoms with Crippen LogP contribution in [0.25, 0.3) is 6.08 Å². The van der Waals surface area contributed by atoms with Gasteiger partial charge in [-0.2, -0.15) is 0 Å². The molecule has 1 amide bonds. The Labute approximate surface area is 144 Å². The van der Waals surface area contributed by atoms with Gasteiger partial charge in [0.2, 0.25) is 0 Å². The molecule has 0 heterocycles. The Morgan fingerprint density at radius 2 is 1.91 bits per heavy atom. The molecule has 1 aromatic carbocycles. The fraction of sp³-hybridized carbons (Fsp3) is 0.357. The van der Waals surface area contributed by atoms with Crippen molar-refractivity contribution in [3.8, 4) is 0 Å². The summed E-state index contributed by atoms with van der Waals surface area (Å²) in [7, 11) is -3.24. The third kappa shape index (κ3) is 6.87. The van der Waals surface area contributed by atoms with E-state index < -0.39 is 39.4 Å². The number of nitrogens with one attached hydrogen (secondary N) is 1. The Kier molecular flexibility index (Phi) is 7.47. The summed E-state index contributed by atoms with van der Waals surface area (Å²) >= 11 is 10.7. The highest BCUT2D eigenvalue weighted by Crippen LogP contribution is 2.19. The number of amides is 1. The van der Waals surface area contributed by atoms with Crippen LogP contribution in [0.1, 0.15) is 17.2 Å². The van der Waals surface area contributed by atoms with E-state index in [0.717, 1.165) is 11.7 Å². The predicted octanol–water partition coefficient (Wildman–Crippen LogP) is 1.99. The molecule has 0 aliphatic rings. The Morgan fingerprint density at radius 3 is 2.35 bits per heavy atom. The second-order valence-electron chi connectivity index (χ2n) is 4.81. The zero-order valence-electron chi connectivity index (χ0n) is 12.1. The lowest BCUT2D eigenvalue weighted by Gasteiger charge is -2.22. The number of hydrogen-bond donors (Lipinski definition) is 2. The molecular weight excluding hydrogens is 368 g/mol. The molecule has 0 saturated heterocycles. The molecule has 0 fully saturated rings. The number of carbonyl (C=O) groups is 1. The molecule has 9 heteroatoms. The number of benzene rings is 1. The minimum Gasteiger partial charge on any atom is -0.386 e. The van der Waals surface area contributed by atoms with E-state index >= 15 is 0 Å². The van der Waals surface area contributed by atoms with Crippen molar-refractivity contribution in [2.45, 2.75) is 17.0 Å². The summed E-state index contributed by atoms with van der Waals surface area (Å²) in [6.07, 6.45) is 1.16. The highest BCUT2D eigenvalue weighted by atomic mass is 35.5. The fourth-order valence-corrected chi connectivity index (χ4v) is 2.22. The van der Waals surface area contributed by atoms with Crippen molar-refractivity contribution >= 4 is 45.0 Å². The van der Waals surface area contributed by atoms with Gasteiger partial charge in [-0.05, 0) is 17.2 Å². The molecule has 0 aromatic heterocycles. The van der Waals surface area contributed by atoms with Crippen LogP contribution in [0, 0.1) is 0 Å². The minimum absolute atomic E-state index is 0.352. The SMILES string of the molecule is CS(=O)(=O)C=Cc1ccc(C(O)C(CF)NC(=O)C(Cl)Cl)cc1. The van der Waals surface area contributed by atoms with Gasteiger partial charge in [0.05, 0.1) is 6.04 Å². The molecule has 0 saturated carbocycles. The second-order valence-corrected chi connectivity index (χ2v) is 7.84. The number of halogens is 3. The van der Waals surface area contributed by atoms with E-state index in [0.29, 0.717) is 11.1 Å². The number of aliphatic hydroxyl groups is 1. The number of hydrogen-bond acceptors (Lipinski definition) is 4. The molecule has 5 nitrogen and oxygen atoms in total. The lowest BCUT2D eigenvalue weighted by Crippen LogP contribution is -2.43. The van der Waals surface area contributed by atoms with E-state index in [2.05, 4.69) is 5.32 Å². The van der Waals surface area contributed by atoms with Gasteiger partial charge in [0.1, 0.15) is 12.8 Å². The monoisotopic (exact) mass is 383 g/mol. The summed E-state index contributed by atoms with van der Waals surface area (Å²) in [5, 5.41) is 13.4. The van der Waals surface area contributed by atoms with Crippen molar-refractivity contribution in [1.29, 1.82) is 0 Å². The molecule has 1 aromatic rings. The maximum Gasteiger partial charge on any atom is 0.253 e. The highest BCUT2D eigenvalue weighted by molar-refractivity contribution is 7.93. The van der Waals surface area contributed by atoms with E-state index in [1.165, 1.54) is 18.2 Å². The molecular formula is C14H16Cl2FNO4S. The van der Waals surface area contributed by atoms with Crippen LogP contribution in [-0.2, 0) is 14.6 Å². The van der Waals surface area contributed by atoms with Crippen LogP contribution in [0.15, 0.2) is 29.7 Å². The quantitative estimate of drug-likeness (QED) is 0.705. The van der Waals surface area contributed by atoms with Crippen LogP contribution in [0.4, 0.5) is 4.39 Å². The van der Waals surface area contributed by atoms with Gasteiger partial charge in [0.25, 0.3) is 5.91 Å². The normalized spacial score (nSPS) is 14.9. The zero-order chi connectivity index (χ0) is 17.6. The van der Waals surface area contributed by atoms with Gasteiger partial charge in [0.15, 0.2) is 14.7 Å². The molecule has 0 aliphatic carbocycles. The molecule has 128 valence electrons. The Morgan fingerprint density at radius 1 is 1.35 bits per heavy atom. The van der Waals surface area contributed by atoms with Gasteiger partial charge >= 0.3 is 0 Å². The van der Waals surface area contributed by atoms with Gasteiger partial charge in [-0.1, -0.05) is 47.5 Å². The molecule has 1 rings (SSSR count). The van der Waals surface area contributed by atoms with Crippen molar-refractivity contribution in [1.82, 2.24) is 5.32 Å². The van der Waals surface area contributed by atoms with Crippen LogP contribution in [0.2, 0.25) is 0 Å². The van der Waals surface area contributed by atoms with Crippen LogP contribution < -0.4 is 5.32 Å². The molecule has 0 spiro atoms. The van der Waals surface area contributed by atoms with Crippen LogP contribution in [-0.4, -0.2) is 43.2 Å². The first kappa shape index (κ1) is 19.9. The number of rotatable bonds is 7. The van der Waals surface area contributed by atoms with Gasteiger partial charge in [-0.15, -0.1) is 0 Å².